The van der Waals surface area contributed by atoms with Crippen molar-refractivity contribution in [1.82, 2.24) is 0 Å². The maximum Gasteiger partial charge on any atom is 0.429 e. The first-order valence-corrected chi connectivity index (χ1v) is 13.5. The van der Waals surface area contributed by atoms with Crippen LogP contribution in [0.2, 0.25) is 0 Å². The predicted octanol–water partition coefficient (Wildman–Crippen LogP) is 8.51. The molecule has 0 aromatic heterocycles. The van der Waals surface area contributed by atoms with Crippen molar-refractivity contribution >= 4 is 0 Å². The molecule has 2 atom stereocenters. The molecule has 1 fully saturated rings. The molecule has 4 rings (SSSR count). The molecule has 42 heavy (non-hydrogen) atoms. The molecule has 0 radical (unpaired) electrons. The number of hydrogen-bond donors (Lipinski definition) is 0. The molecule has 1 aliphatic heterocycles. The van der Waals surface area contributed by atoms with Crippen molar-refractivity contribution in [3.8, 4) is 11.5 Å². The lowest BCUT2D eigenvalue weighted by Crippen LogP contribution is -2.23. The van der Waals surface area contributed by atoms with Crippen molar-refractivity contribution in [2.75, 3.05) is 20.3 Å². The van der Waals surface area contributed by atoms with E-state index in [1.54, 1.807) is 13.2 Å². The van der Waals surface area contributed by atoms with E-state index in [1.165, 1.54) is 12.1 Å². The van der Waals surface area contributed by atoms with Crippen molar-refractivity contribution in [2.45, 2.75) is 57.3 Å². The van der Waals surface area contributed by atoms with Gasteiger partial charge in [-0.2, -0.15) is 17.6 Å². The Bertz CT molecular complexity index is 1330. The number of hydrogen-bond acceptors (Lipinski definition) is 4. The number of halogens is 7. The van der Waals surface area contributed by atoms with Gasteiger partial charge in [-0.05, 0) is 91.5 Å². The molecule has 0 saturated carbocycles. The highest BCUT2D eigenvalue weighted by Crippen LogP contribution is 2.36. The molecule has 1 aliphatic rings. The van der Waals surface area contributed by atoms with Crippen LogP contribution in [0.4, 0.5) is 30.7 Å². The van der Waals surface area contributed by atoms with Gasteiger partial charge in [-0.1, -0.05) is 18.2 Å². The van der Waals surface area contributed by atoms with Crippen LogP contribution in [0.15, 0.2) is 54.6 Å². The molecule has 228 valence electrons. The summed E-state index contributed by atoms with van der Waals surface area (Å²) in [4.78, 5) is 0. The Morgan fingerprint density at radius 3 is 2.36 bits per heavy atom. The molecule has 0 bridgehead atoms. The van der Waals surface area contributed by atoms with Gasteiger partial charge >= 0.3 is 12.7 Å². The van der Waals surface area contributed by atoms with E-state index in [0.717, 1.165) is 49.4 Å². The van der Waals surface area contributed by atoms with E-state index in [-0.39, 0.29) is 18.9 Å². The first-order chi connectivity index (χ1) is 20.1. The maximum atomic E-state index is 14.9. The third kappa shape index (κ3) is 8.38. The molecule has 0 N–H and O–H groups in total. The average molecular weight is 601 g/mol. The van der Waals surface area contributed by atoms with Gasteiger partial charge in [0, 0.05) is 19.8 Å². The van der Waals surface area contributed by atoms with Gasteiger partial charge in [0.2, 0.25) is 0 Å². The quantitative estimate of drug-likeness (QED) is 0.146. The Morgan fingerprint density at radius 2 is 1.71 bits per heavy atom. The Hall–Kier alpha value is -3.31. The van der Waals surface area contributed by atoms with Gasteiger partial charge in [-0.15, -0.1) is 0 Å². The van der Waals surface area contributed by atoms with Crippen LogP contribution in [0.1, 0.15) is 54.0 Å². The summed E-state index contributed by atoms with van der Waals surface area (Å²) in [7, 11) is 1.67. The van der Waals surface area contributed by atoms with Crippen LogP contribution in [-0.2, 0) is 28.4 Å². The Balaban J connectivity index is 1.33. The largest absolute Gasteiger partial charge is 0.432 e. The van der Waals surface area contributed by atoms with Gasteiger partial charge in [0.1, 0.15) is 17.4 Å². The summed E-state index contributed by atoms with van der Waals surface area (Å²) in [5, 5.41) is 0. The minimum atomic E-state index is -4.20. The fraction of sp³-hybridized carbons (Fsp3) is 0.419. The van der Waals surface area contributed by atoms with Crippen molar-refractivity contribution in [1.29, 1.82) is 0 Å². The van der Waals surface area contributed by atoms with E-state index in [4.69, 9.17) is 9.47 Å². The highest BCUT2D eigenvalue weighted by molar-refractivity contribution is 5.35. The van der Waals surface area contributed by atoms with Gasteiger partial charge in [-0.25, -0.2) is 13.2 Å². The lowest BCUT2D eigenvalue weighted by atomic mass is 9.91. The summed E-state index contributed by atoms with van der Waals surface area (Å²) >= 11 is 0. The standard InChI is InChI=1S/C31H31F7O4/c1-39-14-2-3-20-6-12-28(40-18-20)22-9-8-21(25(32)16-22)7-4-19-5-11-24(26(33)15-19)31(37,38)42-23-10-13-29(27(34)17-23)41-30(35)36/h5,8-11,13,15-17,20,28,30H,2-4,6-7,12,14,18H2,1H3. The van der Waals surface area contributed by atoms with Gasteiger partial charge in [-0.3, -0.25) is 0 Å². The third-order valence-corrected chi connectivity index (χ3v) is 7.18. The highest BCUT2D eigenvalue weighted by Gasteiger charge is 2.38. The summed E-state index contributed by atoms with van der Waals surface area (Å²) < 4.78 is 117. The second-order valence-electron chi connectivity index (χ2n) is 10.2. The van der Waals surface area contributed by atoms with Crippen LogP contribution in [0.5, 0.6) is 11.5 Å². The highest BCUT2D eigenvalue weighted by atomic mass is 19.3. The lowest BCUT2D eigenvalue weighted by molar-refractivity contribution is -0.187. The molecular weight excluding hydrogens is 569 g/mol. The third-order valence-electron chi connectivity index (χ3n) is 7.18. The molecule has 0 spiro atoms. The zero-order chi connectivity index (χ0) is 30.3. The zero-order valence-corrected chi connectivity index (χ0v) is 22.9. The Kier molecular flexibility index (Phi) is 10.7. The fourth-order valence-corrected chi connectivity index (χ4v) is 4.95. The molecule has 0 amide bonds. The van der Waals surface area contributed by atoms with Crippen LogP contribution in [-0.4, -0.2) is 26.9 Å². The predicted molar refractivity (Wildman–Crippen MR) is 140 cm³/mol. The minimum Gasteiger partial charge on any atom is -0.432 e. The number of benzene rings is 3. The van der Waals surface area contributed by atoms with Crippen molar-refractivity contribution in [2.24, 2.45) is 5.92 Å². The summed E-state index contributed by atoms with van der Waals surface area (Å²) in [6, 6.07) is 9.83. The summed E-state index contributed by atoms with van der Waals surface area (Å²) in [5.74, 6) is -4.17. The van der Waals surface area contributed by atoms with E-state index < -0.39 is 47.2 Å². The Labute approximate surface area is 239 Å². The van der Waals surface area contributed by atoms with Gasteiger partial charge in [0.05, 0.1) is 18.3 Å². The molecule has 11 heteroatoms. The maximum absolute atomic E-state index is 14.9. The Morgan fingerprint density at radius 1 is 0.905 bits per heavy atom. The summed E-state index contributed by atoms with van der Waals surface area (Å²) in [6.07, 6.45) is -0.217. The number of alkyl halides is 4. The topological polar surface area (TPSA) is 36.9 Å². The molecular formula is C31H31F7O4. The lowest BCUT2D eigenvalue weighted by Gasteiger charge is -2.29. The minimum absolute atomic E-state index is 0.180. The van der Waals surface area contributed by atoms with Crippen molar-refractivity contribution in [3.05, 3.63) is 94.3 Å². The smallest absolute Gasteiger partial charge is 0.429 e. The number of aryl methyl sites for hydroxylation is 2. The number of rotatable bonds is 13. The van der Waals surface area contributed by atoms with E-state index >= 15 is 0 Å². The van der Waals surface area contributed by atoms with E-state index in [9.17, 15) is 30.7 Å². The van der Waals surface area contributed by atoms with Crippen LogP contribution in [0.3, 0.4) is 0 Å². The van der Waals surface area contributed by atoms with Crippen molar-refractivity contribution < 1.29 is 49.7 Å². The van der Waals surface area contributed by atoms with Gasteiger partial charge in [0.25, 0.3) is 0 Å². The molecule has 1 heterocycles. The molecule has 0 aliphatic carbocycles. The van der Waals surface area contributed by atoms with E-state index in [0.29, 0.717) is 42.4 Å². The summed E-state index contributed by atoms with van der Waals surface area (Å²) in [5.41, 5.74) is 0.389. The first-order valence-electron chi connectivity index (χ1n) is 13.5. The second-order valence-corrected chi connectivity index (χ2v) is 10.2. The average Bonchev–Trinajstić information content (AvgIpc) is 2.94. The van der Waals surface area contributed by atoms with Gasteiger partial charge < -0.3 is 18.9 Å². The number of methoxy groups -OCH3 is 1. The fourth-order valence-electron chi connectivity index (χ4n) is 4.95. The van der Waals surface area contributed by atoms with Crippen LogP contribution in [0.25, 0.3) is 0 Å². The molecule has 2 unspecified atom stereocenters. The van der Waals surface area contributed by atoms with Crippen LogP contribution < -0.4 is 9.47 Å². The summed E-state index contributed by atoms with van der Waals surface area (Å²) in [6.45, 7) is -1.98. The van der Waals surface area contributed by atoms with E-state index in [2.05, 4.69) is 9.47 Å². The molecule has 4 nitrogen and oxygen atoms in total. The molecule has 3 aromatic carbocycles. The van der Waals surface area contributed by atoms with Crippen LogP contribution >= 0.6 is 0 Å². The van der Waals surface area contributed by atoms with Gasteiger partial charge in [0.15, 0.2) is 11.6 Å². The molecule has 3 aromatic rings. The zero-order valence-electron chi connectivity index (χ0n) is 22.9. The SMILES string of the molecule is COCCCC1CCC(c2ccc(CCc3ccc(C(F)(F)Oc4ccc(OC(F)F)c(F)c4)c(F)c3)c(F)c2)OC1. The van der Waals surface area contributed by atoms with Crippen LogP contribution in [0, 0.1) is 23.4 Å². The van der Waals surface area contributed by atoms with Crippen molar-refractivity contribution in [3.63, 3.8) is 0 Å². The normalized spacial score (nSPS) is 17.5. The second kappa shape index (κ2) is 14.2. The van der Waals surface area contributed by atoms with E-state index in [1.807, 2.05) is 6.07 Å². The number of ether oxygens (including phenoxy) is 4. The monoisotopic (exact) mass is 600 g/mol. The first kappa shape index (κ1) is 31.6. The molecule has 1 saturated heterocycles.